The number of hydrogen-bond donors (Lipinski definition) is 0. The number of benzene rings is 1. The summed E-state index contributed by atoms with van der Waals surface area (Å²) < 4.78 is 1.86. The van der Waals surface area contributed by atoms with Crippen LogP contribution < -0.4 is 0 Å². The predicted molar refractivity (Wildman–Crippen MR) is 84.7 cm³/mol. The van der Waals surface area contributed by atoms with Crippen molar-refractivity contribution in [2.75, 3.05) is 0 Å². The smallest absolute Gasteiger partial charge is 0.155 e. The van der Waals surface area contributed by atoms with Crippen LogP contribution in [0.3, 0.4) is 0 Å². The molecule has 0 spiro atoms. The molecule has 0 aliphatic carbocycles. The van der Waals surface area contributed by atoms with Gasteiger partial charge in [-0.15, -0.1) is 0 Å². The van der Waals surface area contributed by atoms with Gasteiger partial charge < -0.3 is 0 Å². The Bertz CT molecular complexity index is 958. The molecule has 0 unspecified atom stereocenters. The van der Waals surface area contributed by atoms with E-state index >= 15 is 0 Å². The third kappa shape index (κ3) is 2.30. The van der Waals surface area contributed by atoms with Crippen LogP contribution in [0.25, 0.3) is 16.7 Å². The summed E-state index contributed by atoms with van der Waals surface area (Å²) in [6, 6.07) is 8.19. The summed E-state index contributed by atoms with van der Waals surface area (Å²) in [5.74, 6) is 0. The van der Waals surface area contributed by atoms with Crippen molar-refractivity contribution in [1.82, 2.24) is 24.6 Å². The summed E-state index contributed by atoms with van der Waals surface area (Å²) in [7, 11) is 0. The maximum atomic E-state index is 4.52. The van der Waals surface area contributed by atoms with Gasteiger partial charge in [0.25, 0.3) is 0 Å². The molecular weight excluding hydrogens is 274 g/mol. The zero-order valence-electron chi connectivity index (χ0n) is 12.3. The molecule has 0 aliphatic rings. The summed E-state index contributed by atoms with van der Waals surface area (Å²) in [5, 5.41) is 4.52. The highest BCUT2D eigenvalue weighted by Crippen LogP contribution is 2.15. The summed E-state index contributed by atoms with van der Waals surface area (Å²) in [4.78, 5) is 13.1. The van der Waals surface area contributed by atoms with Gasteiger partial charge in [0.05, 0.1) is 16.7 Å². The Hall–Kier alpha value is -2.82. The first-order valence-corrected chi connectivity index (χ1v) is 7.34. The number of aromatic nitrogens is 5. The van der Waals surface area contributed by atoms with Gasteiger partial charge in [-0.05, 0) is 29.7 Å². The molecule has 1 aromatic carbocycles. The molecule has 22 heavy (non-hydrogen) atoms. The number of hydrogen-bond acceptors (Lipinski definition) is 4. The monoisotopic (exact) mass is 289 g/mol. The minimum absolute atomic E-state index is 0.802. The molecule has 0 radical (unpaired) electrons. The quantitative estimate of drug-likeness (QED) is 0.582. The van der Waals surface area contributed by atoms with Gasteiger partial charge in [0.1, 0.15) is 0 Å². The number of nitrogens with zero attached hydrogens (tertiary/aromatic N) is 5. The van der Waals surface area contributed by atoms with Crippen LogP contribution in [0, 0.1) is 0 Å². The fraction of sp³-hybridized carbons (Fsp3) is 0.176. The van der Waals surface area contributed by atoms with E-state index in [-0.39, 0.29) is 0 Å². The lowest BCUT2D eigenvalue weighted by molar-refractivity contribution is 0.874. The molecule has 0 bridgehead atoms. The van der Waals surface area contributed by atoms with E-state index in [9.17, 15) is 0 Å². The number of aryl methyl sites for hydroxylation is 1. The molecule has 3 aromatic heterocycles. The minimum atomic E-state index is 0.802. The van der Waals surface area contributed by atoms with Gasteiger partial charge >= 0.3 is 0 Å². The molecule has 0 amide bonds. The zero-order valence-corrected chi connectivity index (χ0v) is 12.3. The Kier molecular flexibility index (Phi) is 3.04. The highest BCUT2D eigenvalue weighted by Gasteiger charge is 2.04. The Labute approximate surface area is 127 Å². The highest BCUT2D eigenvalue weighted by molar-refractivity contribution is 5.74. The second-order valence-electron chi connectivity index (χ2n) is 5.31. The third-order valence-electron chi connectivity index (χ3n) is 3.72. The maximum Gasteiger partial charge on any atom is 0.155 e. The van der Waals surface area contributed by atoms with Gasteiger partial charge in [-0.25, -0.2) is 9.50 Å². The van der Waals surface area contributed by atoms with Crippen molar-refractivity contribution in [3.8, 4) is 0 Å². The standard InChI is InChI=1S/C17H15N5/c1-2-14-9-17-20-10-13(11-22(17)21-14)7-12-3-4-15-16(8-12)19-6-5-18-15/h3-6,8-11H,2,7H2,1H3. The van der Waals surface area contributed by atoms with Gasteiger partial charge in [-0.1, -0.05) is 13.0 Å². The Morgan fingerprint density at radius 3 is 2.68 bits per heavy atom. The molecule has 3 heterocycles. The van der Waals surface area contributed by atoms with Crippen LogP contribution in [-0.2, 0) is 12.8 Å². The van der Waals surface area contributed by atoms with Gasteiger partial charge in [0.15, 0.2) is 5.65 Å². The zero-order chi connectivity index (χ0) is 14.9. The topological polar surface area (TPSA) is 56.0 Å². The molecule has 5 nitrogen and oxygen atoms in total. The molecule has 4 rings (SSSR count). The van der Waals surface area contributed by atoms with Crippen molar-refractivity contribution in [3.63, 3.8) is 0 Å². The highest BCUT2D eigenvalue weighted by atomic mass is 15.2. The molecule has 0 fully saturated rings. The number of fused-ring (bicyclic) bond motifs is 2. The SMILES string of the molecule is CCc1cc2ncc(Cc3ccc4nccnc4c3)cn2n1. The van der Waals surface area contributed by atoms with E-state index in [0.29, 0.717) is 0 Å². The first-order chi connectivity index (χ1) is 10.8. The molecular formula is C17H15N5. The van der Waals surface area contributed by atoms with E-state index in [4.69, 9.17) is 0 Å². The molecule has 0 atom stereocenters. The van der Waals surface area contributed by atoms with E-state index < -0.39 is 0 Å². The van der Waals surface area contributed by atoms with Crippen molar-refractivity contribution < 1.29 is 0 Å². The normalized spacial score (nSPS) is 11.3. The van der Waals surface area contributed by atoms with E-state index in [1.807, 2.05) is 29.0 Å². The molecule has 0 saturated heterocycles. The van der Waals surface area contributed by atoms with Gasteiger partial charge in [-0.2, -0.15) is 5.10 Å². The van der Waals surface area contributed by atoms with Crippen LogP contribution in [0.1, 0.15) is 23.7 Å². The van der Waals surface area contributed by atoms with Crippen molar-refractivity contribution >= 4 is 16.7 Å². The average molecular weight is 289 g/mol. The molecule has 5 heteroatoms. The van der Waals surface area contributed by atoms with Crippen LogP contribution in [0.4, 0.5) is 0 Å². The number of rotatable bonds is 3. The summed E-state index contributed by atoms with van der Waals surface area (Å²) in [6.07, 6.45) is 9.11. The lowest BCUT2D eigenvalue weighted by Crippen LogP contribution is -1.96. The Morgan fingerprint density at radius 1 is 0.955 bits per heavy atom. The van der Waals surface area contributed by atoms with Crippen molar-refractivity contribution in [3.05, 3.63) is 65.9 Å². The fourth-order valence-corrected chi connectivity index (χ4v) is 2.58. The second-order valence-corrected chi connectivity index (χ2v) is 5.31. The van der Waals surface area contributed by atoms with Gasteiger partial charge in [0, 0.05) is 37.3 Å². The molecule has 0 aliphatic heterocycles. The largest absolute Gasteiger partial charge is 0.253 e. The predicted octanol–water partition coefficient (Wildman–Crippen LogP) is 2.83. The Balaban J connectivity index is 1.68. The van der Waals surface area contributed by atoms with Crippen LogP contribution in [-0.4, -0.2) is 24.6 Å². The van der Waals surface area contributed by atoms with Gasteiger partial charge in [-0.3, -0.25) is 9.97 Å². The first-order valence-electron chi connectivity index (χ1n) is 7.34. The summed E-state index contributed by atoms with van der Waals surface area (Å²) in [6.45, 7) is 2.10. The lowest BCUT2D eigenvalue weighted by atomic mass is 10.1. The first kappa shape index (κ1) is 12.9. The average Bonchev–Trinajstić information content (AvgIpc) is 2.97. The van der Waals surface area contributed by atoms with Crippen LogP contribution in [0.5, 0.6) is 0 Å². The van der Waals surface area contributed by atoms with Crippen LogP contribution in [0.2, 0.25) is 0 Å². The maximum absolute atomic E-state index is 4.52. The summed E-state index contributed by atoms with van der Waals surface area (Å²) in [5.41, 5.74) is 6.11. The fourth-order valence-electron chi connectivity index (χ4n) is 2.58. The van der Waals surface area contributed by atoms with Crippen LogP contribution >= 0.6 is 0 Å². The van der Waals surface area contributed by atoms with Crippen molar-refractivity contribution in [2.24, 2.45) is 0 Å². The van der Waals surface area contributed by atoms with Crippen LogP contribution in [0.15, 0.2) is 49.1 Å². The minimum Gasteiger partial charge on any atom is -0.253 e. The van der Waals surface area contributed by atoms with E-state index in [1.54, 1.807) is 12.4 Å². The molecule has 0 saturated carbocycles. The summed E-state index contributed by atoms with van der Waals surface area (Å²) >= 11 is 0. The van der Waals surface area contributed by atoms with E-state index in [0.717, 1.165) is 40.8 Å². The third-order valence-corrected chi connectivity index (χ3v) is 3.72. The van der Waals surface area contributed by atoms with E-state index in [1.165, 1.54) is 5.56 Å². The Morgan fingerprint density at radius 2 is 1.82 bits per heavy atom. The molecule has 0 N–H and O–H groups in total. The lowest BCUT2D eigenvalue weighted by Gasteiger charge is -2.03. The van der Waals surface area contributed by atoms with Crippen molar-refractivity contribution in [2.45, 2.75) is 19.8 Å². The molecule has 4 aromatic rings. The second kappa shape index (κ2) is 5.18. The van der Waals surface area contributed by atoms with Crippen molar-refractivity contribution in [1.29, 1.82) is 0 Å². The van der Waals surface area contributed by atoms with E-state index in [2.05, 4.69) is 39.1 Å². The molecule has 108 valence electrons. The van der Waals surface area contributed by atoms with Gasteiger partial charge in [0.2, 0.25) is 0 Å².